The Bertz CT molecular complexity index is 917. The first kappa shape index (κ1) is 27.8. The van der Waals surface area contributed by atoms with Gasteiger partial charge in [-0.15, -0.1) is 0 Å². The molecule has 0 heterocycles. The molecule has 0 fully saturated rings. The maximum absolute atomic E-state index is 12.3. The lowest BCUT2D eigenvalue weighted by molar-refractivity contribution is -0.144. The number of aliphatic hydroxyl groups excluding tert-OH is 1. The van der Waals surface area contributed by atoms with Gasteiger partial charge < -0.3 is 20.5 Å². The molecule has 0 spiro atoms. The zero-order chi connectivity index (χ0) is 25.0. The monoisotopic (exact) mass is 458 g/mol. The number of hydrogen-bond acceptors (Lipinski definition) is 7. The first-order valence-corrected chi connectivity index (χ1v) is 10.8. The summed E-state index contributed by atoms with van der Waals surface area (Å²) in [7, 11) is 1.14. The van der Waals surface area contributed by atoms with Crippen LogP contribution in [0.3, 0.4) is 0 Å². The molecule has 0 saturated heterocycles. The summed E-state index contributed by atoms with van der Waals surface area (Å²) in [5.74, 6) is -2.49. The maximum Gasteiger partial charge on any atom is 0.330 e. The number of esters is 1. The van der Waals surface area contributed by atoms with E-state index in [1.807, 2.05) is 6.92 Å². The highest BCUT2D eigenvalue weighted by Gasteiger charge is 2.26. The van der Waals surface area contributed by atoms with E-state index in [-0.39, 0.29) is 11.4 Å². The fourth-order valence-electron chi connectivity index (χ4n) is 2.98. The number of amides is 1. The van der Waals surface area contributed by atoms with Crippen LogP contribution in [-0.4, -0.2) is 48.3 Å². The Morgan fingerprint density at radius 1 is 0.970 bits per heavy atom. The molecule has 1 unspecified atom stereocenters. The minimum atomic E-state index is -1.18. The van der Waals surface area contributed by atoms with Crippen LogP contribution in [0.1, 0.15) is 53.4 Å². The van der Waals surface area contributed by atoms with E-state index in [0.29, 0.717) is 6.42 Å². The molecule has 3 N–H and O–H groups in total. The van der Waals surface area contributed by atoms with Gasteiger partial charge in [0.05, 0.1) is 25.1 Å². The van der Waals surface area contributed by atoms with Gasteiger partial charge in [0.2, 0.25) is 17.5 Å². The number of hydrogen-bond donors (Lipinski definition) is 3. The average molecular weight is 459 g/mol. The number of carbonyl (C=O) groups excluding carboxylic acids is 4. The highest BCUT2D eigenvalue weighted by molar-refractivity contribution is 6.20. The van der Waals surface area contributed by atoms with Crippen LogP contribution in [0.15, 0.2) is 58.5 Å². The average Bonchev–Trinajstić information content (AvgIpc) is 2.74. The Kier molecular flexibility index (Phi) is 11.8. The Labute approximate surface area is 195 Å². The molecule has 1 aliphatic carbocycles. The van der Waals surface area contributed by atoms with Crippen LogP contribution in [0.2, 0.25) is 0 Å². The first-order valence-electron chi connectivity index (χ1n) is 10.8. The van der Waals surface area contributed by atoms with Gasteiger partial charge in [0.15, 0.2) is 0 Å². The molecule has 1 atom stereocenters. The molecule has 180 valence electrons. The summed E-state index contributed by atoms with van der Waals surface area (Å²) in [4.78, 5) is 48.4. The van der Waals surface area contributed by atoms with E-state index < -0.39 is 36.1 Å². The van der Waals surface area contributed by atoms with Gasteiger partial charge in [-0.05, 0) is 53.4 Å². The van der Waals surface area contributed by atoms with Crippen molar-refractivity contribution in [3.63, 3.8) is 0 Å². The number of rotatable bonds is 12. The van der Waals surface area contributed by atoms with Crippen LogP contribution in [0, 0.1) is 0 Å². The van der Waals surface area contributed by atoms with E-state index in [0.717, 1.165) is 44.1 Å². The Morgan fingerprint density at radius 2 is 1.55 bits per heavy atom. The van der Waals surface area contributed by atoms with Crippen LogP contribution in [0.4, 0.5) is 0 Å². The van der Waals surface area contributed by atoms with Gasteiger partial charge in [-0.3, -0.25) is 14.4 Å². The van der Waals surface area contributed by atoms with Crippen LogP contribution in [0.25, 0.3) is 0 Å². The summed E-state index contributed by atoms with van der Waals surface area (Å²) in [5, 5.41) is 14.2. The first-order chi connectivity index (χ1) is 15.6. The molecule has 1 rings (SSSR count). The predicted molar refractivity (Wildman–Crippen MR) is 126 cm³/mol. The lowest BCUT2D eigenvalue weighted by Crippen LogP contribution is -2.43. The fourth-order valence-corrected chi connectivity index (χ4v) is 2.98. The molecule has 0 radical (unpaired) electrons. The summed E-state index contributed by atoms with van der Waals surface area (Å²) in [6, 6.07) is -1.18. The number of aliphatic hydroxyl groups is 1. The molecule has 0 aliphatic heterocycles. The highest BCUT2D eigenvalue weighted by Crippen LogP contribution is 2.12. The number of carbonyl (C=O) groups is 4. The molecule has 0 aromatic heterocycles. The summed E-state index contributed by atoms with van der Waals surface area (Å²) in [6.07, 6.45) is 11.2. The third-order valence-corrected chi connectivity index (χ3v) is 4.84. The molecular weight excluding hydrogens is 424 g/mol. The van der Waals surface area contributed by atoms with Crippen molar-refractivity contribution in [2.75, 3.05) is 13.7 Å². The third kappa shape index (κ3) is 10.3. The quantitative estimate of drug-likeness (QED) is 0.178. The second-order valence-corrected chi connectivity index (χ2v) is 8.14. The van der Waals surface area contributed by atoms with Crippen LogP contribution in [0.5, 0.6) is 0 Å². The molecule has 33 heavy (non-hydrogen) atoms. The molecule has 0 saturated carbocycles. The zero-order valence-corrected chi connectivity index (χ0v) is 20.0. The molecule has 0 aromatic rings. The van der Waals surface area contributed by atoms with Gasteiger partial charge in [0.25, 0.3) is 0 Å². The van der Waals surface area contributed by atoms with E-state index in [1.165, 1.54) is 17.2 Å². The topological polar surface area (TPSA) is 122 Å². The molecular formula is C25H34N2O6. The van der Waals surface area contributed by atoms with Crippen molar-refractivity contribution in [1.29, 1.82) is 0 Å². The number of ketones is 2. The van der Waals surface area contributed by atoms with Crippen molar-refractivity contribution >= 4 is 23.4 Å². The van der Waals surface area contributed by atoms with Crippen LogP contribution in [-0.2, 0) is 23.9 Å². The van der Waals surface area contributed by atoms with Crippen molar-refractivity contribution in [3.8, 4) is 0 Å². The number of ether oxygens (including phenoxy) is 1. The Morgan fingerprint density at radius 3 is 2.15 bits per heavy atom. The normalized spacial score (nSPS) is 15.3. The minimum absolute atomic E-state index is 0.159. The zero-order valence-electron chi connectivity index (χ0n) is 20.0. The summed E-state index contributed by atoms with van der Waals surface area (Å²) in [6.45, 7) is 7.46. The summed E-state index contributed by atoms with van der Waals surface area (Å²) in [5.41, 5.74) is 3.12. The number of nitrogens with one attached hydrogen (secondary N) is 2. The second kappa shape index (κ2) is 14.0. The Balaban J connectivity index is 2.63. The van der Waals surface area contributed by atoms with Crippen LogP contribution >= 0.6 is 0 Å². The van der Waals surface area contributed by atoms with Gasteiger partial charge in [0.1, 0.15) is 6.04 Å². The van der Waals surface area contributed by atoms with Gasteiger partial charge in [-0.1, -0.05) is 28.9 Å². The third-order valence-electron chi connectivity index (χ3n) is 4.84. The van der Waals surface area contributed by atoms with E-state index in [1.54, 1.807) is 0 Å². The second-order valence-electron chi connectivity index (χ2n) is 8.14. The van der Waals surface area contributed by atoms with Crippen molar-refractivity contribution in [2.24, 2.45) is 0 Å². The lowest BCUT2D eigenvalue weighted by atomic mass is 10.0. The molecule has 0 aromatic carbocycles. The van der Waals surface area contributed by atoms with Gasteiger partial charge >= 0.3 is 5.97 Å². The maximum atomic E-state index is 12.3. The van der Waals surface area contributed by atoms with E-state index in [2.05, 4.69) is 48.3 Å². The molecule has 1 amide bonds. The molecule has 8 nitrogen and oxygen atoms in total. The highest BCUT2D eigenvalue weighted by atomic mass is 16.5. The van der Waals surface area contributed by atoms with Crippen molar-refractivity contribution < 1.29 is 29.0 Å². The summed E-state index contributed by atoms with van der Waals surface area (Å²) < 4.78 is 4.51. The smallest absolute Gasteiger partial charge is 0.330 e. The van der Waals surface area contributed by atoms with Crippen molar-refractivity contribution in [1.82, 2.24) is 10.6 Å². The molecule has 1 aliphatic rings. The largest absolute Gasteiger partial charge is 0.467 e. The summed E-state index contributed by atoms with van der Waals surface area (Å²) >= 11 is 0. The standard InChI is InChI=1S/C25H34N2O6/c1-16(2)8-6-9-17(3)10-7-11-18(4)12-24(31)27-20-14-22(29)19(13-23(20)30)26-21(15-28)25(32)33-5/h8,10,12-14,21,26,28H,6-7,9,11,15H2,1-5H3,(H,27,31). The van der Waals surface area contributed by atoms with Gasteiger partial charge in [-0.25, -0.2) is 4.79 Å². The number of allylic oxidation sites excluding steroid dienone is 7. The molecule has 0 bridgehead atoms. The lowest BCUT2D eigenvalue weighted by Gasteiger charge is -2.18. The van der Waals surface area contributed by atoms with E-state index >= 15 is 0 Å². The van der Waals surface area contributed by atoms with E-state index in [9.17, 15) is 24.3 Å². The SMILES string of the molecule is COC(=O)C(CO)NC1=CC(=O)C(NC(=O)C=C(C)CCC=C(C)CCC=C(C)C)=CC1=O. The fraction of sp³-hybridized carbons (Fsp3) is 0.440. The van der Waals surface area contributed by atoms with Crippen molar-refractivity contribution in [3.05, 3.63) is 58.5 Å². The van der Waals surface area contributed by atoms with Crippen LogP contribution < -0.4 is 10.6 Å². The molecule has 8 heteroatoms. The van der Waals surface area contributed by atoms with Gasteiger partial charge in [-0.2, -0.15) is 0 Å². The van der Waals surface area contributed by atoms with Gasteiger partial charge in [0, 0.05) is 18.2 Å². The van der Waals surface area contributed by atoms with Crippen molar-refractivity contribution in [2.45, 2.75) is 59.4 Å². The Hall–Kier alpha value is -3.26. The predicted octanol–water partition coefficient (Wildman–Crippen LogP) is 2.56. The van der Waals surface area contributed by atoms with E-state index in [4.69, 9.17) is 0 Å². The minimum Gasteiger partial charge on any atom is -0.467 e. The number of methoxy groups -OCH3 is 1.